The quantitative estimate of drug-likeness (QED) is 0.756. The number of amides is 1. The molecule has 2 atom stereocenters. The van der Waals surface area contributed by atoms with E-state index in [0.29, 0.717) is 6.42 Å². The van der Waals surface area contributed by atoms with Gasteiger partial charge in [0.1, 0.15) is 5.78 Å². The number of carbonyl (C=O) groups excluding carboxylic acids is 2. The minimum atomic E-state index is -0.608. The van der Waals surface area contributed by atoms with Crippen LogP contribution >= 0.6 is 11.8 Å². The molecule has 0 radical (unpaired) electrons. The highest BCUT2D eigenvalue weighted by Crippen LogP contribution is 2.70. The maximum Gasteiger partial charge on any atom is 0.231 e. The van der Waals surface area contributed by atoms with Crippen molar-refractivity contribution < 1.29 is 9.59 Å². The van der Waals surface area contributed by atoms with Crippen molar-refractivity contribution in [1.82, 2.24) is 0 Å². The van der Waals surface area contributed by atoms with Gasteiger partial charge in [0.25, 0.3) is 0 Å². The van der Waals surface area contributed by atoms with E-state index in [1.54, 1.807) is 11.8 Å². The fraction of sp³-hybridized carbons (Fsp3) is 0.391. The van der Waals surface area contributed by atoms with E-state index in [1.165, 1.54) is 0 Å². The fourth-order valence-corrected chi connectivity index (χ4v) is 5.80. The van der Waals surface area contributed by atoms with Gasteiger partial charge in [0.15, 0.2) is 0 Å². The van der Waals surface area contributed by atoms with Crippen molar-refractivity contribution in [3.8, 4) is 0 Å². The lowest BCUT2D eigenvalue weighted by atomic mass is 9.64. The van der Waals surface area contributed by atoms with Crippen molar-refractivity contribution in [2.75, 3.05) is 5.32 Å². The second-order valence-corrected chi connectivity index (χ2v) is 9.62. The summed E-state index contributed by atoms with van der Waals surface area (Å²) in [7, 11) is 0. The Hall–Kier alpha value is -2.07. The maximum atomic E-state index is 13.4. The topological polar surface area (TPSA) is 46.2 Å². The Balaban J connectivity index is 1.62. The van der Waals surface area contributed by atoms with Crippen LogP contribution in [-0.4, -0.2) is 11.7 Å². The molecular weight excluding hydrogens is 354 g/mol. The summed E-state index contributed by atoms with van der Waals surface area (Å²) in [6.07, 6.45) is 1.94. The van der Waals surface area contributed by atoms with Crippen molar-refractivity contribution in [1.29, 1.82) is 0 Å². The molecule has 1 amide bonds. The number of carbonyl (C=O) groups is 2. The molecule has 2 aromatic rings. The van der Waals surface area contributed by atoms with E-state index in [9.17, 15) is 9.59 Å². The molecule has 140 valence electrons. The van der Waals surface area contributed by atoms with Crippen molar-refractivity contribution in [2.24, 2.45) is 16.2 Å². The summed E-state index contributed by atoms with van der Waals surface area (Å²) in [6, 6.07) is 18.0. The smallest absolute Gasteiger partial charge is 0.231 e. The van der Waals surface area contributed by atoms with Gasteiger partial charge >= 0.3 is 0 Å². The van der Waals surface area contributed by atoms with E-state index in [0.717, 1.165) is 28.3 Å². The molecule has 2 aromatic carbocycles. The molecule has 2 aliphatic rings. The lowest BCUT2D eigenvalue weighted by Gasteiger charge is -2.38. The number of hydrogen-bond acceptors (Lipinski definition) is 3. The Morgan fingerprint density at radius 3 is 2.26 bits per heavy atom. The molecule has 2 bridgehead atoms. The zero-order valence-corrected chi connectivity index (χ0v) is 16.9. The molecule has 2 unspecified atom stereocenters. The largest absolute Gasteiger partial charge is 0.325 e. The molecule has 0 aromatic heterocycles. The molecule has 27 heavy (non-hydrogen) atoms. The van der Waals surface area contributed by atoms with Gasteiger partial charge in [-0.2, -0.15) is 0 Å². The molecule has 3 nitrogen and oxygen atoms in total. The molecule has 4 heteroatoms. The zero-order valence-electron chi connectivity index (χ0n) is 16.0. The highest BCUT2D eigenvalue weighted by molar-refractivity contribution is 7.99. The first-order chi connectivity index (χ1) is 12.8. The Kier molecular flexibility index (Phi) is 4.22. The fourth-order valence-electron chi connectivity index (χ4n) is 4.88. The number of ketones is 1. The van der Waals surface area contributed by atoms with Gasteiger partial charge in [-0.05, 0) is 42.5 Å². The second kappa shape index (κ2) is 6.23. The Labute approximate surface area is 164 Å². The van der Waals surface area contributed by atoms with Crippen LogP contribution in [0.1, 0.15) is 40.0 Å². The van der Waals surface area contributed by atoms with Gasteiger partial charge in [-0.25, -0.2) is 0 Å². The average molecular weight is 380 g/mol. The van der Waals surface area contributed by atoms with E-state index in [-0.39, 0.29) is 22.5 Å². The molecule has 2 aliphatic carbocycles. The number of benzene rings is 2. The first-order valence-electron chi connectivity index (χ1n) is 9.47. The Morgan fingerprint density at radius 2 is 1.63 bits per heavy atom. The van der Waals surface area contributed by atoms with E-state index in [4.69, 9.17) is 0 Å². The standard InChI is InChI=1S/C23H25NO2S/c1-21(2)22(3)13-14-23(21,15-19(22)25)20(26)24-17-11-7-8-12-18(17)27-16-9-5-4-6-10-16/h4-12H,13-15H2,1-3H3,(H,24,26). The predicted octanol–water partition coefficient (Wildman–Crippen LogP) is 5.56. The van der Waals surface area contributed by atoms with Crippen molar-refractivity contribution >= 4 is 29.1 Å². The summed E-state index contributed by atoms with van der Waals surface area (Å²) in [5, 5.41) is 3.17. The molecule has 0 aliphatic heterocycles. The molecule has 2 fully saturated rings. The van der Waals surface area contributed by atoms with Crippen LogP contribution in [0.15, 0.2) is 64.4 Å². The van der Waals surface area contributed by atoms with Crippen LogP contribution in [0.5, 0.6) is 0 Å². The third-order valence-corrected chi connectivity index (χ3v) is 8.33. The van der Waals surface area contributed by atoms with Crippen molar-refractivity contribution in [2.45, 2.75) is 49.8 Å². The second-order valence-electron chi connectivity index (χ2n) is 8.50. The minimum Gasteiger partial charge on any atom is -0.325 e. The third-order valence-electron chi connectivity index (χ3n) is 7.25. The van der Waals surface area contributed by atoms with Crippen LogP contribution < -0.4 is 5.32 Å². The van der Waals surface area contributed by atoms with Crippen molar-refractivity contribution in [3.05, 3.63) is 54.6 Å². The van der Waals surface area contributed by atoms with Gasteiger partial charge in [0.05, 0.1) is 11.1 Å². The van der Waals surface area contributed by atoms with Gasteiger partial charge in [-0.15, -0.1) is 0 Å². The van der Waals surface area contributed by atoms with Crippen LogP contribution in [-0.2, 0) is 9.59 Å². The van der Waals surface area contributed by atoms with E-state index >= 15 is 0 Å². The first kappa shape index (κ1) is 18.3. The summed E-state index contributed by atoms with van der Waals surface area (Å²) in [5.41, 5.74) is -0.510. The molecule has 0 spiro atoms. The maximum absolute atomic E-state index is 13.4. The molecule has 2 saturated carbocycles. The molecular formula is C23H25NO2S. The lowest BCUT2D eigenvalue weighted by molar-refractivity contribution is -0.131. The highest BCUT2D eigenvalue weighted by atomic mass is 32.2. The van der Waals surface area contributed by atoms with Gasteiger partial charge < -0.3 is 5.32 Å². The van der Waals surface area contributed by atoms with Crippen molar-refractivity contribution in [3.63, 3.8) is 0 Å². The van der Waals surface area contributed by atoms with E-state index in [1.807, 2.05) is 49.4 Å². The molecule has 0 heterocycles. The summed E-state index contributed by atoms with van der Waals surface area (Å²) >= 11 is 1.63. The molecule has 1 N–H and O–H groups in total. The van der Waals surface area contributed by atoms with E-state index in [2.05, 4.69) is 31.3 Å². The number of nitrogens with one attached hydrogen (secondary N) is 1. The number of para-hydroxylation sites is 1. The first-order valence-corrected chi connectivity index (χ1v) is 10.3. The lowest BCUT2D eigenvalue weighted by Crippen LogP contribution is -2.43. The normalized spacial score (nSPS) is 28.3. The van der Waals surface area contributed by atoms with Gasteiger partial charge in [0, 0.05) is 21.6 Å². The van der Waals surface area contributed by atoms with Gasteiger partial charge in [-0.1, -0.05) is 62.9 Å². The Morgan fingerprint density at radius 1 is 0.963 bits per heavy atom. The number of hydrogen-bond donors (Lipinski definition) is 1. The zero-order chi connectivity index (χ0) is 19.3. The summed E-state index contributed by atoms with van der Waals surface area (Å²) in [5.74, 6) is 0.226. The van der Waals surface area contributed by atoms with Gasteiger partial charge in [-0.3, -0.25) is 9.59 Å². The number of Topliss-reactive ketones (excluding diaryl/α,β-unsaturated/α-hetero) is 1. The van der Waals surface area contributed by atoms with Crippen LogP contribution in [0.4, 0.5) is 5.69 Å². The number of rotatable bonds is 4. The molecule has 4 rings (SSSR count). The number of anilines is 1. The Bertz CT molecular complexity index is 908. The highest BCUT2D eigenvalue weighted by Gasteiger charge is 2.72. The summed E-state index contributed by atoms with van der Waals surface area (Å²) < 4.78 is 0. The average Bonchev–Trinajstić information content (AvgIpc) is 2.94. The minimum absolute atomic E-state index is 0.0109. The summed E-state index contributed by atoms with van der Waals surface area (Å²) in [4.78, 5) is 28.2. The summed E-state index contributed by atoms with van der Waals surface area (Å²) in [6.45, 7) is 6.22. The van der Waals surface area contributed by atoms with E-state index < -0.39 is 5.41 Å². The SMILES string of the molecule is CC12CCC(C(=O)Nc3ccccc3Sc3ccccc3)(CC1=O)C2(C)C. The monoisotopic (exact) mass is 379 g/mol. The van der Waals surface area contributed by atoms with Crippen LogP contribution in [0.3, 0.4) is 0 Å². The molecule has 0 saturated heterocycles. The number of fused-ring (bicyclic) bond motifs is 2. The third kappa shape index (κ3) is 2.57. The van der Waals surface area contributed by atoms with Crippen LogP contribution in [0.2, 0.25) is 0 Å². The van der Waals surface area contributed by atoms with Crippen LogP contribution in [0, 0.1) is 16.2 Å². The van der Waals surface area contributed by atoms with Crippen LogP contribution in [0.25, 0.3) is 0 Å². The predicted molar refractivity (Wildman–Crippen MR) is 109 cm³/mol. The van der Waals surface area contributed by atoms with Gasteiger partial charge in [0.2, 0.25) is 5.91 Å².